The molecule has 0 aromatic rings. The molecule has 4 nitrogen and oxygen atoms in total. The van der Waals surface area contributed by atoms with Crippen LogP contribution in [0.15, 0.2) is 0 Å². The van der Waals surface area contributed by atoms with E-state index in [9.17, 15) is 21.6 Å². The predicted octanol–water partition coefficient (Wildman–Crippen LogP) is -0.0311. The molecular formula is C2H6F3NO3S. The topological polar surface area (TPSA) is 80.4 Å². The maximum atomic E-state index is 10.1. The molecule has 0 rings (SSSR count). The maximum absolute atomic E-state index is 10.1. The molecule has 0 saturated heterocycles. The number of rotatable bonds is 0. The number of alkyl halides is 3. The van der Waals surface area contributed by atoms with Crippen LogP contribution in [0.3, 0.4) is 0 Å². The largest absolute Gasteiger partial charge is 0.454 e. The van der Waals surface area contributed by atoms with Gasteiger partial charge in [-0.05, 0) is 0 Å². The fourth-order valence-corrected chi connectivity index (χ4v) is 0. The van der Waals surface area contributed by atoms with Crippen LogP contribution < -0.4 is 5.73 Å². The van der Waals surface area contributed by atoms with Gasteiger partial charge in [0, 0.05) is 0 Å². The molecular weight excluding hydrogens is 175 g/mol. The zero-order chi connectivity index (χ0) is 9.00. The molecule has 0 radical (unpaired) electrons. The number of hydrogen-bond acceptors (Lipinski definition) is 3. The summed E-state index contributed by atoms with van der Waals surface area (Å²) in [6, 6.07) is 0. The Morgan fingerprint density at radius 3 is 1.40 bits per heavy atom. The van der Waals surface area contributed by atoms with E-state index in [0.29, 0.717) is 6.26 Å². The van der Waals surface area contributed by atoms with E-state index in [1.165, 1.54) is 0 Å². The summed E-state index contributed by atoms with van der Waals surface area (Å²) in [7, 11) is -3.67. The molecule has 0 aromatic heterocycles. The Morgan fingerprint density at radius 1 is 1.40 bits per heavy atom. The summed E-state index contributed by atoms with van der Waals surface area (Å²) in [4.78, 5) is 0. The number of halogens is 3. The highest BCUT2D eigenvalue weighted by Gasteiger charge is 2.16. The van der Waals surface area contributed by atoms with E-state index in [1.54, 1.807) is 0 Å². The van der Waals surface area contributed by atoms with Gasteiger partial charge in [0.25, 0.3) is 10.1 Å². The minimum absolute atomic E-state index is 0.715. The van der Waals surface area contributed by atoms with E-state index in [-0.39, 0.29) is 0 Å². The van der Waals surface area contributed by atoms with Gasteiger partial charge in [-0.2, -0.15) is 21.6 Å². The van der Waals surface area contributed by atoms with Crippen molar-refractivity contribution in [3.63, 3.8) is 0 Å². The Bertz CT molecular complexity index is 157. The highest BCUT2D eigenvalue weighted by atomic mass is 32.2. The van der Waals surface area contributed by atoms with Crippen LogP contribution in [0, 0.1) is 0 Å². The van der Waals surface area contributed by atoms with Gasteiger partial charge < -0.3 is 0 Å². The standard InChI is InChI=1S/CH2F3N.CH4O3S/c2-1(3,4)5;1-5(2,3)4/h5H2;1H3,(H,2,3,4). The first-order valence-corrected chi connectivity index (χ1v) is 3.63. The summed E-state index contributed by atoms with van der Waals surface area (Å²) >= 11 is 0. The van der Waals surface area contributed by atoms with Crippen LogP contribution in [0.2, 0.25) is 0 Å². The number of nitrogens with two attached hydrogens (primary N) is 1. The average molecular weight is 181 g/mol. The van der Waals surface area contributed by atoms with Crippen LogP contribution >= 0.6 is 0 Å². The fourth-order valence-electron chi connectivity index (χ4n) is 0. The molecule has 0 aliphatic rings. The molecule has 0 fully saturated rings. The van der Waals surface area contributed by atoms with Crippen molar-refractivity contribution in [3.05, 3.63) is 0 Å². The Kier molecular flexibility index (Phi) is 4.61. The number of hydrogen-bond donors (Lipinski definition) is 2. The summed E-state index contributed by atoms with van der Waals surface area (Å²) in [5.41, 5.74) is 3.35. The molecule has 0 aliphatic heterocycles. The van der Waals surface area contributed by atoms with E-state index in [0.717, 1.165) is 0 Å². The minimum Gasteiger partial charge on any atom is -0.286 e. The van der Waals surface area contributed by atoms with E-state index < -0.39 is 16.4 Å². The Balaban J connectivity index is 0. The minimum atomic E-state index is -4.50. The van der Waals surface area contributed by atoms with Gasteiger partial charge in [-0.3, -0.25) is 4.55 Å². The van der Waals surface area contributed by atoms with E-state index in [2.05, 4.69) is 5.73 Å². The lowest BCUT2D eigenvalue weighted by Crippen LogP contribution is -2.20. The Hall–Kier alpha value is -0.340. The predicted molar refractivity (Wildman–Crippen MR) is 27.7 cm³/mol. The van der Waals surface area contributed by atoms with Crippen LogP contribution in [0.25, 0.3) is 0 Å². The summed E-state index contributed by atoms with van der Waals surface area (Å²) in [6.45, 7) is 0. The first kappa shape index (κ1) is 12.3. The summed E-state index contributed by atoms with van der Waals surface area (Å²) in [5, 5.41) is 0. The van der Waals surface area contributed by atoms with Crippen molar-refractivity contribution in [1.29, 1.82) is 0 Å². The molecule has 3 N–H and O–H groups in total. The van der Waals surface area contributed by atoms with Crippen LogP contribution in [0.4, 0.5) is 13.2 Å². The monoisotopic (exact) mass is 181 g/mol. The second kappa shape index (κ2) is 3.74. The van der Waals surface area contributed by atoms with Gasteiger partial charge in [-0.1, -0.05) is 0 Å². The molecule has 0 aliphatic carbocycles. The average Bonchev–Trinajstić information content (AvgIpc) is 1.12. The van der Waals surface area contributed by atoms with Gasteiger partial charge in [-0.25, -0.2) is 5.73 Å². The SMILES string of the molecule is CS(=O)(=O)O.NC(F)(F)F. The smallest absolute Gasteiger partial charge is 0.286 e. The fraction of sp³-hybridized carbons (Fsp3) is 1.00. The van der Waals surface area contributed by atoms with Gasteiger partial charge in [0.2, 0.25) is 0 Å². The highest BCUT2D eigenvalue weighted by molar-refractivity contribution is 7.85. The van der Waals surface area contributed by atoms with Crippen molar-refractivity contribution in [3.8, 4) is 0 Å². The third kappa shape index (κ3) is 2940. The summed E-state index contributed by atoms with van der Waals surface area (Å²) in [5.74, 6) is 0. The Labute approximate surface area is 55.6 Å². The molecule has 0 saturated carbocycles. The highest BCUT2D eigenvalue weighted by Crippen LogP contribution is 2.01. The van der Waals surface area contributed by atoms with Crippen molar-refractivity contribution in [2.45, 2.75) is 6.30 Å². The zero-order valence-corrected chi connectivity index (χ0v) is 5.70. The molecule has 0 atom stereocenters. The van der Waals surface area contributed by atoms with Crippen LogP contribution in [-0.4, -0.2) is 25.5 Å². The van der Waals surface area contributed by atoms with Crippen LogP contribution in [0.5, 0.6) is 0 Å². The Morgan fingerprint density at radius 2 is 1.40 bits per heavy atom. The molecule has 10 heavy (non-hydrogen) atoms. The van der Waals surface area contributed by atoms with Crippen LogP contribution in [0.1, 0.15) is 0 Å². The first-order valence-electron chi connectivity index (χ1n) is 1.78. The van der Waals surface area contributed by atoms with Crippen LogP contribution in [-0.2, 0) is 10.1 Å². The van der Waals surface area contributed by atoms with Gasteiger partial charge in [0.1, 0.15) is 0 Å². The molecule has 8 heteroatoms. The second-order valence-electron chi connectivity index (χ2n) is 1.27. The van der Waals surface area contributed by atoms with Gasteiger partial charge >= 0.3 is 6.30 Å². The van der Waals surface area contributed by atoms with Crippen molar-refractivity contribution >= 4 is 10.1 Å². The first-order chi connectivity index (χ1) is 4.00. The lowest BCUT2D eigenvalue weighted by atomic mass is 11.3. The van der Waals surface area contributed by atoms with Gasteiger partial charge in [0.15, 0.2) is 0 Å². The molecule has 64 valence electrons. The molecule has 0 heterocycles. The quantitative estimate of drug-likeness (QED) is 0.406. The normalized spacial score (nSPS) is 11.8. The van der Waals surface area contributed by atoms with E-state index in [1.807, 2.05) is 0 Å². The third-order valence-corrected chi connectivity index (χ3v) is 0. The summed E-state index contributed by atoms with van der Waals surface area (Å²) in [6.07, 6.45) is -3.78. The van der Waals surface area contributed by atoms with Gasteiger partial charge in [-0.15, -0.1) is 0 Å². The van der Waals surface area contributed by atoms with Crippen molar-refractivity contribution in [1.82, 2.24) is 0 Å². The van der Waals surface area contributed by atoms with Gasteiger partial charge in [0.05, 0.1) is 6.26 Å². The molecule has 0 amide bonds. The molecule has 0 bridgehead atoms. The zero-order valence-electron chi connectivity index (χ0n) is 4.88. The lowest BCUT2D eigenvalue weighted by molar-refractivity contribution is -0.122. The molecule has 0 spiro atoms. The lowest BCUT2D eigenvalue weighted by Gasteiger charge is -1.89. The maximum Gasteiger partial charge on any atom is 0.454 e. The second-order valence-corrected chi connectivity index (χ2v) is 2.74. The van der Waals surface area contributed by atoms with Crippen molar-refractivity contribution in [2.75, 3.05) is 6.26 Å². The molecule has 0 unspecified atom stereocenters. The molecule has 0 aromatic carbocycles. The van der Waals surface area contributed by atoms with Crippen molar-refractivity contribution in [2.24, 2.45) is 5.73 Å². The van der Waals surface area contributed by atoms with E-state index >= 15 is 0 Å². The summed E-state index contributed by atoms with van der Waals surface area (Å²) < 4.78 is 56.3. The third-order valence-electron chi connectivity index (χ3n) is 0. The van der Waals surface area contributed by atoms with E-state index in [4.69, 9.17) is 4.55 Å². The van der Waals surface area contributed by atoms with Crippen molar-refractivity contribution < 1.29 is 26.1 Å².